The molecule has 20 heavy (non-hydrogen) atoms. The first-order valence-corrected chi connectivity index (χ1v) is 5.95. The third kappa shape index (κ3) is 2.46. The molecule has 0 bridgehead atoms. The molecule has 102 valence electrons. The zero-order valence-corrected chi connectivity index (χ0v) is 10.7. The molecule has 1 amide bonds. The van der Waals surface area contributed by atoms with Crippen molar-refractivity contribution in [3.05, 3.63) is 41.7 Å². The Balaban J connectivity index is 1.64. The van der Waals surface area contributed by atoms with E-state index in [-0.39, 0.29) is 12.7 Å². The first kappa shape index (κ1) is 12.2. The van der Waals surface area contributed by atoms with E-state index in [2.05, 4.69) is 15.6 Å². The molecule has 0 unspecified atom stereocenters. The summed E-state index contributed by atoms with van der Waals surface area (Å²) in [6.07, 6.45) is 3.22. The quantitative estimate of drug-likeness (QED) is 0.665. The van der Waals surface area contributed by atoms with Crippen LogP contribution >= 0.6 is 0 Å². The van der Waals surface area contributed by atoms with Gasteiger partial charge in [-0.25, -0.2) is 5.43 Å². The van der Waals surface area contributed by atoms with Gasteiger partial charge in [-0.3, -0.25) is 9.48 Å². The van der Waals surface area contributed by atoms with Crippen molar-refractivity contribution in [3.63, 3.8) is 0 Å². The van der Waals surface area contributed by atoms with E-state index in [4.69, 9.17) is 9.47 Å². The number of fused-ring (bicyclic) bond motifs is 1. The van der Waals surface area contributed by atoms with Crippen molar-refractivity contribution >= 4 is 12.1 Å². The highest BCUT2D eigenvalue weighted by atomic mass is 16.7. The van der Waals surface area contributed by atoms with Crippen LogP contribution in [0.1, 0.15) is 16.1 Å². The molecule has 0 fully saturated rings. The van der Waals surface area contributed by atoms with Gasteiger partial charge in [0.15, 0.2) is 17.2 Å². The Bertz CT molecular complexity index is 678. The lowest BCUT2D eigenvalue weighted by molar-refractivity contribution is 0.0949. The summed E-state index contributed by atoms with van der Waals surface area (Å²) in [5, 5.41) is 7.86. The number of hydrogen-bond acceptors (Lipinski definition) is 5. The Morgan fingerprint density at radius 1 is 1.40 bits per heavy atom. The molecule has 0 atom stereocenters. The minimum atomic E-state index is -0.359. The standard InChI is InChI=1S/C13H12N4O3/c1-17-5-4-10(16-17)13(18)15-14-7-9-2-3-11-12(6-9)20-8-19-11/h2-7H,8H2,1H3,(H,15,18). The van der Waals surface area contributed by atoms with Gasteiger partial charge in [0.1, 0.15) is 0 Å². The van der Waals surface area contributed by atoms with Gasteiger partial charge in [-0.05, 0) is 29.8 Å². The van der Waals surface area contributed by atoms with Crippen LogP contribution in [-0.2, 0) is 7.05 Å². The smallest absolute Gasteiger partial charge is 0.291 e. The molecular weight excluding hydrogens is 260 g/mol. The number of carbonyl (C=O) groups excluding carboxylic acids is 1. The highest BCUT2D eigenvalue weighted by Gasteiger charge is 2.12. The third-order valence-electron chi connectivity index (χ3n) is 2.72. The molecule has 0 saturated carbocycles. The SMILES string of the molecule is Cn1ccc(C(=O)NN=Cc2ccc3c(c2)OCO3)n1. The molecule has 7 heteroatoms. The van der Waals surface area contributed by atoms with Crippen LogP contribution in [-0.4, -0.2) is 28.7 Å². The Morgan fingerprint density at radius 2 is 2.25 bits per heavy atom. The largest absolute Gasteiger partial charge is 0.454 e. The summed E-state index contributed by atoms with van der Waals surface area (Å²) in [6.45, 7) is 0.229. The average molecular weight is 272 g/mol. The topological polar surface area (TPSA) is 77.7 Å². The molecule has 7 nitrogen and oxygen atoms in total. The van der Waals surface area contributed by atoms with Crippen LogP contribution in [0.4, 0.5) is 0 Å². The normalized spacial score (nSPS) is 12.8. The fraction of sp³-hybridized carbons (Fsp3) is 0.154. The molecule has 1 aliphatic rings. The summed E-state index contributed by atoms with van der Waals surface area (Å²) in [7, 11) is 1.74. The van der Waals surface area contributed by atoms with Crippen molar-refractivity contribution in [3.8, 4) is 11.5 Å². The molecule has 0 spiro atoms. The second-order valence-corrected chi connectivity index (χ2v) is 4.19. The van der Waals surface area contributed by atoms with Crippen LogP contribution in [0.15, 0.2) is 35.6 Å². The van der Waals surface area contributed by atoms with E-state index in [0.717, 1.165) is 5.56 Å². The number of benzene rings is 1. The monoisotopic (exact) mass is 272 g/mol. The number of carbonyl (C=O) groups is 1. The van der Waals surface area contributed by atoms with Gasteiger partial charge in [0.2, 0.25) is 6.79 Å². The zero-order chi connectivity index (χ0) is 13.9. The molecular formula is C13H12N4O3. The van der Waals surface area contributed by atoms with Crippen LogP contribution in [0.3, 0.4) is 0 Å². The number of aryl methyl sites for hydroxylation is 1. The predicted molar refractivity (Wildman–Crippen MR) is 70.8 cm³/mol. The fourth-order valence-electron chi connectivity index (χ4n) is 1.75. The van der Waals surface area contributed by atoms with Crippen molar-refractivity contribution in [1.82, 2.24) is 15.2 Å². The lowest BCUT2D eigenvalue weighted by atomic mass is 10.2. The molecule has 3 rings (SSSR count). The van der Waals surface area contributed by atoms with Crippen LogP contribution in [0.2, 0.25) is 0 Å². The minimum absolute atomic E-state index is 0.229. The average Bonchev–Trinajstić information content (AvgIpc) is 3.06. The van der Waals surface area contributed by atoms with E-state index < -0.39 is 0 Å². The van der Waals surface area contributed by atoms with E-state index in [1.807, 2.05) is 6.07 Å². The molecule has 2 aromatic rings. The molecule has 0 aliphatic carbocycles. The van der Waals surface area contributed by atoms with Crippen LogP contribution in [0, 0.1) is 0 Å². The van der Waals surface area contributed by atoms with Gasteiger partial charge in [-0.2, -0.15) is 10.2 Å². The summed E-state index contributed by atoms with van der Waals surface area (Å²) in [5.41, 5.74) is 3.53. The maximum absolute atomic E-state index is 11.7. The first-order valence-electron chi connectivity index (χ1n) is 5.95. The predicted octanol–water partition coefficient (Wildman–Crippen LogP) is 0.913. The summed E-state index contributed by atoms with van der Waals surface area (Å²) < 4.78 is 12.0. The Labute approximate surface area is 114 Å². The molecule has 1 aliphatic heterocycles. The van der Waals surface area contributed by atoms with E-state index in [0.29, 0.717) is 17.2 Å². The molecule has 2 heterocycles. The van der Waals surface area contributed by atoms with Crippen molar-refractivity contribution < 1.29 is 14.3 Å². The van der Waals surface area contributed by atoms with Gasteiger partial charge in [0.05, 0.1) is 6.21 Å². The van der Waals surface area contributed by atoms with E-state index in [9.17, 15) is 4.79 Å². The Hall–Kier alpha value is -2.83. The summed E-state index contributed by atoms with van der Waals surface area (Å²) >= 11 is 0. The fourth-order valence-corrected chi connectivity index (χ4v) is 1.75. The molecule has 0 saturated heterocycles. The van der Waals surface area contributed by atoms with Crippen molar-refractivity contribution in [2.24, 2.45) is 12.1 Å². The van der Waals surface area contributed by atoms with Gasteiger partial charge in [-0.1, -0.05) is 0 Å². The maximum atomic E-state index is 11.7. The lowest BCUT2D eigenvalue weighted by Crippen LogP contribution is -2.18. The number of nitrogens with one attached hydrogen (secondary N) is 1. The van der Waals surface area contributed by atoms with Crippen molar-refractivity contribution in [1.29, 1.82) is 0 Å². The summed E-state index contributed by atoms with van der Waals surface area (Å²) in [6, 6.07) is 7.03. The number of nitrogens with zero attached hydrogens (tertiary/aromatic N) is 3. The number of hydrogen-bond donors (Lipinski definition) is 1. The van der Waals surface area contributed by atoms with Gasteiger partial charge in [-0.15, -0.1) is 0 Å². The van der Waals surface area contributed by atoms with Crippen LogP contribution in [0.25, 0.3) is 0 Å². The van der Waals surface area contributed by atoms with Gasteiger partial charge >= 0.3 is 0 Å². The number of aromatic nitrogens is 2. The van der Waals surface area contributed by atoms with Crippen LogP contribution in [0.5, 0.6) is 11.5 Å². The molecule has 1 aromatic heterocycles. The van der Waals surface area contributed by atoms with Crippen LogP contribution < -0.4 is 14.9 Å². The molecule has 1 aromatic carbocycles. The number of rotatable bonds is 3. The van der Waals surface area contributed by atoms with Gasteiger partial charge < -0.3 is 9.47 Å². The van der Waals surface area contributed by atoms with E-state index in [1.165, 1.54) is 6.21 Å². The first-order chi connectivity index (χ1) is 9.72. The number of amides is 1. The molecule has 0 radical (unpaired) electrons. The zero-order valence-electron chi connectivity index (χ0n) is 10.7. The maximum Gasteiger partial charge on any atom is 0.291 e. The minimum Gasteiger partial charge on any atom is -0.454 e. The Kier molecular flexibility index (Phi) is 3.08. The third-order valence-corrected chi connectivity index (χ3v) is 2.72. The summed E-state index contributed by atoms with van der Waals surface area (Å²) in [4.78, 5) is 11.7. The molecule has 1 N–H and O–H groups in total. The van der Waals surface area contributed by atoms with Crippen molar-refractivity contribution in [2.45, 2.75) is 0 Å². The van der Waals surface area contributed by atoms with Gasteiger partial charge in [0.25, 0.3) is 5.91 Å². The second-order valence-electron chi connectivity index (χ2n) is 4.19. The second kappa shape index (κ2) is 5.04. The lowest BCUT2D eigenvalue weighted by Gasteiger charge is -1.98. The van der Waals surface area contributed by atoms with E-state index in [1.54, 1.807) is 36.1 Å². The number of hydrazone groups is 1. The highest BCUT2D eigenvalue weighted by Crippen LogP contribution is 2.31. The highest BCUT2D eigenvalue weighted by molar-refractivity contribution is 5.93. The van der Waals surface area contributed by atoms with E-state index >= 15 is 0 Å². The van der Waals surface area contributed by atoms with Crippen molar-refractivity contribution in [2.75, 3.05) is 6.79 Å². The number of ether oxygens (including phenoxy) is 2. The Morgan fingerprint density at radius 3 is 3.05 bits per heavy atom. The summed E-state index contributed by atoms with van der Waals surface area (Å²) in [5.74, 6) is 1.02. The van der Waals surface area contributed by atoms with Gasteiger partial charge in [0, 0.05) is 13.2 Å².